The number of ether oxygens (including phenoxy) is 1. The molecule has 1 amide bonds. The Balaban J connectivity index is 2.69. The first-order valence-corrected chi connectivity index (χ1v) is 4.86. The van der Waals surface area contributed by atoms with Gasteiger partial charge < -0.3 is 10.1 Å². The maximum Gasteiger partial charge on any atom is 0.328 e. The lowest BCUT2D eigenvalue weighted by atomic mass is 10.2. The third kappa shape index (κ3) is 3.05. The molecule has 0 spiro atoms. The monoisotopic (exact) mass is 222 g/mol. The van der Waals surface area contributed by atoms with Crippen LogP contribution >= 0.6 is 0 Å². The van der Waals surface area contributed by atoms with E-state index in [1.54, 1.807) is 32.2 Å². The number of amides is 1. The van der Waals surface area contributed by atoms with Crippen molar-refractivity contribution in [2.75, 3.05) is 7.11 Å². The van der Waals surface area contributed by atoms with Crippen LogP contribution in [0.3, 0.4) is 0 Å². The van der Waals surface area contributed by atoms with Crippen molar-refractivity contribution in [2.45, 2.75) is 19.9 Å². The van der Waals surface area contributed by atoms with Gasteiger partial charge in [-0.05, 0) is 26.0 Å². The van der Waals surface area contributed by atoms with Crippen LogP contribution in [0.1, 0.15) is 23.0 Å². The summed E-state index contributed by atoms with van der Waals surface area (Å²) in [4.78, 5) is 26.8. The van der Waals surface area contributed by atoms with E-state index in [2.05, 4.69) is 15.0 Å². The Morgan fingerprint density at radius 2 is 2.19 bits per heavy atom. The number of nitrogens with zero attached hydrogens (tertiary/aromatic N) is 1. The molecule has 0 aromatic carbocycles. The summed E-state index contributed by atoms with van der Waals surface area (Å²) in [6.07, 6.45) is 1.55. The molecule has 1 N–H and O–H groups in total. The smallest absolute Gasteiger partial charge is 0.328 e. The highest BCUT2D eigenvalue weighted by Crippen LogP contribution is 2.01. The standard InChI is InChI=1S/C11H14N2O3/c1-7-6-9(4-5-12-7)10(14)13-8(2)11(15)16-3/h4-6,8H,1-3H3,(H,13,14). The molecule has 0 fully saturated rings. The molecule has 0 aliphatic rings. The molecular formula is C11H14N2O3. The molecule has 1 heterocycles. The molecule has 1 aromatic heterocycles. The zero-order valence-electron chi connectivity index (χ0n) is 9.48. The van der Waals surface area contributed by atoms with Crippen molar-refractivity contribution in [3.05, 3.63) is 29.6 Å². The highest BCUT2D eigenvalue weighted by molar-refractivity contribution is 5.96. The van der Waals surface area contributed by atoms with E-state index >= 15 is 0 Å². The molecule has 0 saturated carbocycles. The lowest BCUT2D eigenvalue weighted by molar-refractivity contribution is -0.142. The number of methoxy groups -OCH3 is 1. The van der Waals surface area contributed by atoms with Gasteiger partial charge >= 0.3 is 5.97 Å². The molecule has 0 radical (unpaired) electrons. The van der Waals surface area contributed by atoms with Gasteiger partial charge in [-0.15, -0.1) is 0 Å². The summed E-state index contributed by atoms with van der Waals surface area (Å²) in [6, 6.07) is 2.58. The predicted molar refractivity (Wildman–Crippen MR) is 57.9 cm³/mol. The summed E-state index contributed by atoms with van der Waals surface area (Å²) in [5, 5.41) is 2.53. The van der Waals surface area contributed by atoms with Crippen LogP contribution in [0, 0.1) is 6.92 Å². The summed E-state index contributed by atoms with van der Waals surface area (Å²) < 4.78 is 4.51. The van der Waals surface area contributed by atoms with Gasteiger partial charge in [0.15, 0.2) is 0 Å². The van der Waals surface area contributed by atoms with Gasteiger partial charge in [0, 0.05) is 17.5 Å². The Labute approximate surface area is 93.8 Å². The highest BCUT2D eigenvalue weighted by atomic mass is 16.5. The molecule has 0 aliphatic heterocycles. The van der Waals surface area contributed by atoms with Crippen molar-refractivity contribution in [1.29, 1.82) is 0 Å². The van der Waals surface area contributed by atoms with Gasteiger partial charge in [-0.2, -0.15) is 0 Å². The van der Waals surface area contributed by atoms with Crippen LogP contribution in [0.4, 0.5) is 0 Å². The van der Waals surface area contributed by atoms with Crippen molar-refractivity contribution in [1.82, 2.24) is 10.3 Å². The molecule has 1 atom stereocenters. The molecule has 5 nitrogen and oxygen atoms in total. The summed E-state index contributed by atoms with van der Waals surface area (Å²) in [5.41, 5.74) is 1.22. The Bertz CT molecular complexity index is 404. The van der Waals surface area contributed by atoms with E-state index < -0.39 is 12.0 Å². The highest BCUT2D eigenvalue weighted by Gasteiger charge is 2.16. The van der Waals surface area contributed by atoms with E-state index in [0.29, 0.717) is 5.56 Å². The van der Waals surface area contributed by atoms with E-state index in [1.807, 2.05) is 0 Å². The summed E-state index contributed by atoms with van der Waals surface area (Å²) in [7, 11) is 1.28. The van der Waals surface area contributed by atoms with Crippen LogP contribution in [0.25, 0.3) is 0 Å². The second-order valence-electron chi connectivity index (χ2n) is 3.40. The average Bonchev–Trinajstić information content (AvgIpc) is 2.27. The van der Waals surface area contributed by atoms with E-state index in [0.717, 1.165) is 5.69 Å². The van der Waals surface area contributed by atoms with Crippen LogP contribution in [-0.2, 0) is 9.53 Å². The SMILES string of the molecule is COC(=O)C(C)NC(=O)c1ccnc(C)c1. The molecule has 16 heavy (non-hydrogen) atoms. The van der Waals surface area contributed by atoms with E-state index in [4.69, 9.17) is 0 Å². The first-order chi connectivity index (χ1) is 7.54. The Hall–Kier alpha value is -1.91. The molecule has 0 saturated heterocycles. The number of nitrogens with one attached hydrogen (secondary N) is 1. The number of esters is 1. The normalized spacial score (nSPS) is 11.7. The van der Waals surface area contributed by atoms with E-state index in [-0.39, 0.29) is 5.91 Å². The van der Waals surface area contributed by atoms with E-state index in [9.17, 15) is 9.59 Å². The van der Waals surface area contributed by atoms with Crippen LogP contribution in [-0.4, -0.2) is 30.0 Å². The third-order valence-corrected chi connectivity index (χ3v) is 2.06. The number of carbonyl (C=O) groups is 2. The second-order valence-corrected chi connectivity index (χ2v) is 3.40. The van der Waals surface area contributed by atoms with Crippen LogP contribution < -0.4 is 5.32 Å². The van der Waals surface area contributed by atoms with Crippen molar-refractivity contribution in [3.8, 4) is 0 Å². The zero-order chi connectivity index (χ0) is 12.1. The van der Waals surface area contributed by atoms with Crippen LogP contribution in [0.15, 0.2) is 18.3 Å². The third-order valence-electron chi connectivity index (χ3n) is 2.06. The maximum absolute atomic E-state index is 11.7. The summed E-state index contributed by atoms with van der Waals surface area (Å²) in [6.45, 7) is 3.36. The molecule has 86 valence electrons. The fraction of sp³-hybridized carbons (Fsp3) is 0.364. The molecule has 1 aromatic rings. The largest absolute Gasteiger partial charge is 0.467 e. The minimum absolute atomic E-state index is 0.316. The number of carbonyl (C=O) groups excluding carboxylic acids is 2. The van der Waals surface area contributed by atoms with Crippen molar-refractivity contribution in [2.24, 2.45) is 0 Å². The molecule has 0 bridgehead atoms. The van der Waals surface area contributed by atoms with Crippen molar-refractivity contribution < 1.29 is 14.3 Å². The predicted octanol–water partition coefficient (Wildman–Crippen LogP) is 0.681. The number of hydrogen-bond acceptors (Lipinski definition) is 4. The molecular weight excluding hydrogens is 208 g/mol. The van der Waals surface area contributed by atoms with Gasteiger partial charge in [0.25, 0.3) is 5.91 Å². The van der Waals surface area contributed by atoms with Gasteiger partial charge in [0.1, 0.15) is 6.04 Å². The van der Waals surface area contributed by atoms with Gasteiger partial charge in [-0.1, -0.05) is 0 Å². The van der Waals surface area contributed by atoms with Gasteiger partial charge in [0.2, 0.25) is 0 Å². The average molecular weight is 222 g/mol. The number of aryl methyl sites for hydroxylation is 1. The number of rotatable bonds is 3. The van der Waals surface area contributed by atoms with Crippen molar-refractivity contribution >= 4 is 11.9 Å². The first-order valence-electron chi connectivity index (χ1n) is 4.86. The lowest BCUT2D eigenvalue weighted by Gasteiger charge is -2.11. The Kier molecular flexibility index (Phi) is 3.99. The van der Waals surface area contributed by atoms with Gasteiger partial charge in [0.05, 0.1) is 7.11 Å². The topological polar surface area (TPSA) is 68.3 Å². The summed E-state index contributed by atoms with van der Waals surface area (Å²) in [5.74, 6) is -0.789. The lowest BCUT2D eigenvalue weighted by Crippen LogP contribution is -2.39. The molecule has 5 heteroatoms. The quantitative estimate of drug-likeness (QED) is 0.764. The van der Waals surface area contributed by atoms with Gasteiger partial charge in [-0.25, -0.2) is 4.79 Å². The number of aromatic nitrogens is 1. The first kappa shape index (κ1) is 12.2. The second kappa shape index (κ2) is 5.25. The van der Waals surface area contributed by atoms with Gasteiger partial charge in [-0.3, -0.25) is 9.78 Å². The van der Waals surface area contributed by atoms with Crippen LogP contribution in [0.5, 0.6) is 0 Å². The van der Waals surface area contributed by atoms with E-state index in [1.165, 1.54) is 7.11 Å². The molecule has 1 unspecified atom stereocenters. The Morgan fingerprint density at radius 3 is 2.75 bits per heavy atom. The molecule has 0 aliphatic carbocycles. The minimum atomic E-state index is -0.661. The molecule has 1 rings (SSSR count). The Morgan fingerprint density at radius 1 is 1.50 bits per heavy atom. The fourth-order valence-corrected chi connectivity index (χ4v) is 1.20. The zero-order valence-corrected chi connectivity index (χ0v) is 9.48. The van der Waals surface area contributed by atoms with Crippen LogP contribution in [0.2, 0.25) is 0 Å². The van der Waals surface area contributed by atoms with Crippen molar-refractivity contribution in [3.63, 3.8) is 0 Å². The number of pyridine rings is 1. The maximum atomic E-state index is 11.7. The fourth-order valence-electron chi connectivity index (χ4n) is 1.20. The minimum Gasteiger partial charge on any atom is -0.467 e. The summed E-state index contributed by atoms with van der Waals surface area (Å²) >= 11 is 0. The number of hydrogen-bond donors (Lipinski definition) is 1.